The number of nitrogens with one attached hydrogen (secondary N) is 1. The number of methoxy groups -OCH3 is 1. The van der Waals surface area contributed by atoms with E-state index in [4.69, 9.17) is 0 Å². The highest BCUT2D eigenvalue weighted by atomic mass is 16.5. The number of rotatable bonds is 2. The van der Waals surface area contributed by atoms with E-state index in [2.05, 4.69) is 15.1 Å². The van der Waals surface area contributed by atoms with Crippen LogP contribution in [0.1, 0.15) is 17.3 Å². The van der Waals surface area contributed by atoms with Crippen molar-refractivity contribution in [3.8, 4) is 0 Å². The van der Waals surface area contributed by atoms with Crippen molar-refractivity contribution in [3.05, 3.63) is 30.1 Å². The van der Waals surface area contributed by atoms with Gasteiger partial charge < -0.3 is 4.74 Å². The summed E-state index contributed by atoms with van der Waals surface area (Å²) >= 11 is 0. The standard InChI is InChI=1S/C11H11N3O3/c1-7(15)13-14-6-12-9-5-8(11(16)17-2)3-4-10(9)14/h3-6H,1-2H3,(H,13,15). The number of hydrogen-bond donors (Lipinski definition) is 1. The number of aromatic nitrogens is 2. The summed E-state index contributed by atoms with van der Waals surface area (Å²) in [6.45, 7) is 1.41. The van der Waals surface area contributed by atoms with Crippen LogP contribution in [0.4, 0.5) is 0 Å². The molecule has 0 aliphatic rings. The topological polar surface area (TPSA) is 73.2 Å². The third kappa shape index (κ3) is 2.10. The van der Waals surface area contributed by atoms with Gasteiger partial charge in [0.25, 0.3) is 0 Å². The molecule has 2 aromatic rings. The smallest absolute Gasteiger partial charge is 0.337 e. The SMILES string of the molecule is COC(=O)c1ccc2c(c1)ncn2NC(C)=O. The average Bonchev–Trinajstić information content (AvgIpc) is 2.70. The Morgan fingerprint density at radius 3 is 2.82 bits per heavy atom. The molecule has 6 nitrogen and oxygen atoms in total. The fourth-order valence-electron chi connectivity index (χ4n) is 1.52. The molecule has 0 bridgehead atoms. The number of hydrogen-bond acceptors (Lipinski definition) is 4. The van der Waals surface area contributed by atoms with Crippen LogP contribution in [0.3, 0.4) is 0 Å². The molecular weight excluding hydrogens is 222 g/mol. The first-order valence-electron chi connectivity index (χ1n) is 4.95. The summed E-state index contributed by atoms with van der Waals surface area (Å²) in [5, 5.41) is 0. The molecule has 0 saturated carbocycles. The van der Waals surface area contributed by atoms with Gasteiger partial charge >= 0.3 is 5.97 Å². The van der Waals surface area contributed by atoms with Crippen molar-refractivity contribution in [3.63, 3.8) is 0 Å². The number of carbonyl (C=O) groups is 2. The quantitative estimate of drug-likeness (QED) is 0.782. The zero-order valence-electron chi connectivity index (χ0n) is 9.43. The number of carbonyl (C=O) groups excluding carboxylic acids is 2. The van der Waals surface area contributed by atoms with Crippen LogP contribution in [0.15, 0.2) is 24.5 Å². The number of benzene rings is 1. The third-order valence-electron chi connectivity index (χ3n) is 2.25. The van der Waals surface area contributed by atoms with Gasteiger partial charge in [0.1, 0.15) is 6.33 Å². The highest BCUT2D eigenvalue weighted by Gasteiger charge is 2.09. The fourth-order valence-corrected chi connectivity index (χ4v) is 1.52. The minimum Gasteiger partial charge on any atom is -0.465 e. The molecule has 1 aromatic carbocycles. The van der Waals surface area contributed by atoms with Crippen molar-refractivity contribution in [2.45, 2.75) is 6.92 Å². The van der Waals surface area contributed by atoms with Crippen LogP contribution in [0.25, 0.3) is 11.0 Å². The highest BCUT2D eigenvalue weighted by Crippen LogP contribution is 2.14. The predicted molar refractivity (Wildman–Crippen MR) is 61.1 cm³/mol. The molecule has 0 aliphatic carbocycles. The van der Waals surface area contributed by atoms with E-state index in [1.807, 2.05) is 0 Å². The molecule has 1 heterocycles. The van der Waals surface area contributed by atoms with Crippen molar-refractivity contribution in [1.29, 1.82) is 0 Å². The fraction of sp³-hybridized carbons (Fsp3) is 0.182. The molecule has 2 rings (SSSR count). The van der Waals surface area contributed by atoms with E-state index < -0.39 is 5.97 Å². The van der Waals surface area contributed by atoms with Crippen molar-refractivity contribution in [2.75, 3.05) is 12.5 Å². The van der Waals surface area contributed by atoms with Crippen molar-refractivity contribution >= 4 is 22.9 Å². The number of fused-ring (bicyclic) bond motifs is 1. The summed E-state index contributed by atoms with van der Waals surface area (Å²) in [4.78, 5) is 26.3. The van der Waals surface area contributed by atoms with Crippen molar-refractivity contribution in [1.82, 2.24) is 9.66 Å². The zero-order chi connectivity index (χ0) is 12.4. The zero-order valence-corrected chi connectivity index (χ0v) is 9.43. The van der Waals surface area contributed by atoms with E-state index in [1.165, 1.54) is 25.0 Å². The van der Waals surface area contributed by atoms with Crippen LogP contribution in [0.2, 0.25) is 0 Å². The van der Waals surface area contributed by atoms with Gasteiger partial charge in [0, 0.05) is 6.92 Å². The van der Waals surface area contributed by atoms with Crippen LogP contribution >= 0.6 is 0 Å². The van der Waals surface area contributed by atoms with Crippen molar-refractivity contribution in [2.24, 2.45) is 0 Å². The maximum absolute atomic E-state index is 11.3. The van der Waals surface area contributed by atoms with E-state index >= 15 is 0 Å². The van der Waals surface area contributed by atoms with Gasteiger partial charge in [-0.2, -0.15) is 0 Å². The summed E-state index contributed by atoms with van der Waals surface area (Å²) < 4.78 is 6.11. The van der Waals surface area contributed by atoms with E-state index in [0.717, 1.165) is 0 Å². The monoisotopic (exact) mass is 233 g/mol. The molecule has 1 amide bonds. The number of esters is 1. The summed E-state index contributed by atoms with van der Waals surface area (Å²) in [5.74, 6) is -0.609. The minimum absolute atomic E-state index is 0.193. The van der Waals surface area contributed by atoms with E-state index in [9.17, 15) is 9.59 Å². The number of imidazole rings is 1. The minimum atomic E-state index is -0.416. The normalized spacial score (nSPS) is 10.2. The maximum Gasteiger partial charge on any atom is 0.337 e. The Morgan fingerprint density at radius 2 is 2.18 bits per heavy atom. The van der Waals surface area contributed by atoms with E-state index in [0.29, 0.717) is 16.6 Å². The Morgan fingerprint density at radius 1 is 1.41 bits per heavy atom. The van der Waals surface area contributed by atoms with E-state index in [-0.39, 0.29) is 5.91 Å². The number of nitrogens with zero attached hydrogens (tertiary/aromatic N) is 2. The molecule has 0 aliphatic heterocycles. The van der Waals surface area contributed by atoms with Crippen LogP contribution in [0, 0.1) is 0 Å². The largest absolute Gasteiger partial charge is 0.465 e. The third-order valence-corrected chi connectivity index (χ3v) is 2.25. The van der Waals surface area contributed by atoms with Crippen LogP contribution < -0.4 is 5.43 Å². The molecule has 0 radical (unpaired) electrons. The first-order chi connectivity index (χ1) is 8.11. The lowest BCUT2D eigenvalue weighted by Gasteiger charge is -2.04. The second-order valence-corrected chi connectivity index (χ2v) is 3.48. The van der Waals surface area contributed by atoms with Gasteiger partial charge in [-0.1, -0.05) is 0 Å². The van der Waals surface area contributed by atoms with Gasteiger partial charge in [0.05, 0.1) is 23.7 Å². The highest BCUT2D eigenvalue weighted by molar-refractivity contribution is 5.94. The van der Waals surface area contributed by atoms with E-state index in [1.54, 1.807) is 18.2 Å². The van der Waals surface area contributed by atoms with Gasteiger partial charge in [-0.15, -0.1) is 0 Å². The molecular formula is C11H11N3O3. The first kappa shape index (κ1) is 11.1. The second kappa shape index (κ2) is 4.25. The van der Waals surface area contributed by atoms with Crippen LogP contribution in [-0.2, 0) is 9.53 Å². The molecule has 0 atom stereocenters. The lowest BCUT2D eigenvalue weighted by atomic mass is 10.2. The van der Waals surface area contributed by atoms with Crippen LogP contribution in [0.5, 0.6) is 0 Å². The second-order valence-electron chi connectivity index (χ2n) is 3.48. The Balaban J connectivity index is 2.44. The predicted octanol–water partition coefficient (Wildman–Crippen LogP) is 0.913. The molecule has 0 saturated heterocycles. The van der Waals surface area contributed by atoms with Gasteiger partial charge in [-0.25, -0.2) is 14.5 Å². The summed E-state index contributed by atoms with van der Waals surface area (Å²) in [7, 11) is 1.32. The van der Waals surface area contributed by atoms with Crippen molar-refractivity contribution < 1.29 is 14.3 Å². The molecule has 0 spiro atoms. The van der Waals surface area contributed by atoms with Crippen LogP contribution in [-0.4, -0.2) is 28.6 Å². The molecule has 0 fully saturated rings. The number of amides is 1. The van der Waals surface area contributed by atoms with Gasteiger partial charge in [-0.05, 0) is 18.2 Å². The first-order valence-corrected chi connectivity index (χ1v) is 4.95. The van der Waals surface area contributed by atoms with Gasteiger partial charge in [-0.3, -0.25) is 10.2 Å². The molecule has 0 unspecified atom stereocenters. The van der Waals surface area contributed by atoms with Gasteiger partial charge in [0.15, 0.2) is 0 Å². The lowest BCUT2D eigenvalue weighted by Crippen LogP contribution is -2.18. The molecule has 6 heteroatoms. The Kier molecular flexibility index (Phi) is 2.78. The Hall–Kier alpha value is -2.37. The molecule has 1 N–H and O–H groups in total. The Bertz CT molecular complexity index is 589. The molecule has 17 heavy (non-hydrogen) atoms. The number of ether oxygens (including phenoxy) is 1. The maximum atomic E-state index is 11.3. The average molecular weight is 233 g/mol. The lowest BCUT2D eigenvalue weighted by molar-refractivity contribution is -0.115. The Labute approximate surface area is 97.2 Å². The van der Waals surface area contributed by atoms with Gasteiger partial charge in [0.2, 0.25) is 5.91 Å². The summed E-state index contributed by atoms with van der Waals surface area (Å²) in [6, 6.07) is 4.93. The molecule has 88 valence electrons. The summed E-state index contributed by atoms with van der Waals surface area (Å²) in [5.41, 5.74) is 4.34. The summed E-state index contributed by atoms with van der Waals surface area (Å²) in [6.07, 6.45) is 1.48. The molecule has 1 aromatic heterocycles.